The summed E-state index contributed by atoms with van der Waals surface area (Å²) in [7, 11) is 1.70. The van der Waals surface area contributed by atoms with Crippen molar-refractivity contribution in [1.29, 1.82) is 0 Å². The molecule has 1 aliphatic heterocycles. The van der Waals surface area contributed by atoms with E-state index in [-0.39, 0.29) is 11.6 Å². The van der Waals surface area contributed by atoms with Crippen LogP contribution < -0.4 is 4.90 Å². The fourth-order valence-corrected chi connectivity index (χ4v) is 1.76. The highest BCUT2D eigenvalue weighted by Crippen LogP contribution is 2.23. The smallest absolute Gasteiger partial charge is 0.337 e. The van der Waals surface area contributed by atoms with E-state index in [0.717, 1.165) is 0 Å². The number of carboxylic acids is 1. The van der Waals surface area contributed by atoms with Crippen molar-refractivity contribution in [2.24, 2.45) is 0 Å². The molecule has 1 aromatic rings. The number of benzene rings is 1. The minimum absolute atomic E-state index is 0.158. The number of amides is 2. The molecule has 0 atom stereocenters. The van der Waals surface area contributed by atoms with E-state index < -0.39 is 5.97 Å². The third-order valence-electron chi connectivity index (χ3n) is 2.64. The van der Waals surface area contributed by atoms with E-state index in [1.54, 1.807) is 30.1 Å². The molecule has 84 valence electrons. The van der Waals surface area contributed by atoms with Crippen LogP contribution in [0, 0.1) is 0 Å². The number of carbonyl (C=O) groups is 2. The van der Waals surface area contributed by atoms with Gasteiger partial charge in [-0.3, -0.25) is 4.90 Å². The molecule has 0 unspecified atom stereocenters. The van der Waals surface area contributed by atoms with Crippen LogP contribution in [-0.2, 0) is 0 Å². The van der Waals surface area contributed by atoms with Gasteiger partial charge in [0.15, 0.2) is 0 Å². The molecular formula is C11H12N2O3. The number of hydrogen-bond acceptors (Lipinski definition) is 2. The lowest BCUT2D eigenvalue weighted by atomic mass is 10.1. The predicted molar refractivity (Wildman–Crippen MR) is 58.8 cm³/mol. The molecule has 0 aliphatic carbocycles. The summed E-state index contributed by atoms with van der Waals surface area (Å²) in [6, 6.07) is 6.38. The SMILES string of the molecule is CN1CCN(c2ccccc2C(=O)O)C1=O. The summed E-state index contributed by atoms with van der Waals surface area (Å²) in [5.74, 6) is -1.02. The Bertz CT molecular complexity index is 445. The number of para-hydroxylation sites is 1. The van der Waals surface area contributed by atoms with E-state index in [1.165, 1.54) is 11.0 Å². The third kappa shape index (κ3) is 1.60. The second kappa shape index (κ2) is 3.84. The van der Waals surface area contributed by atoms with Crippen molar-refractivity contribution in [2.45, 2.75) is 0 Å². The Labute approximate surface area is 92.9 Å². The highest BCUT2D eigenvalue weighted by atomic mass is 16.4. The summed E-state index contributed by atoms with van der Waals surface area (Å²) in [4.78, 5) is 25.8. The largest absolute Gasteiger partial charge is 0.478 e. The van der Waals surface area contributed by atoms with Gasteiger partial charge in [-0.15, -0.1) is 0 Å². The molecule has 1 aromatic carbocycles. The van der Waals surface area contributed by atoms with Gasteiger partial charge in [0.25, 0.3) is 0 Å². The lowest BCUT2D eigenvalue weighted by Crippen LogP contribution is -2.30. The Morgan fingerprint density at radius 1 is 1.31 bits per heavy atom. The van der Waals surface area contributed by atoms with Crippen LogP contribution in [0.25, 0.3) is 0 Å². The molecule has 2 rings (SSSR count). The van der Waals surface area contributed by atoms with Crippen LogP contribution in [0.1, 0.15) is 10.4 Å². The van der Waals surface area contributed by atoms with Gasteiger partial charge in [-0.25, -0.2) is 9.59 Å². The standard InChI is InChI=1S/C11H12N2O3/c1-12-6-7-13(11(12)16)9-5-3-2-4-8(9)10(14)15/h2-5H,6-7H2,1H3,(H,14,15). The summed E-state index contributed by atoms with van der Waals surface area (Å²) in [5.41, 5.74) is 0.621. The molecule has 0 spiro atoms. The summed E-state index contributed by atoms with van der Waals surface area (Å²) in [6.45, 7) is 1.15. The highest BCUT2D eigenvalue weighted by molar-refractivity contribution is 6.02. The van der Waals surface area contributed by atoms with E-state index in [4.69, 9.17) is 5.11 Å². The molecule has 0 aromatic heterocycles. The van der Waals surface area contributed by atoms with Gasteiger partial charge >= 0.3 is 12.0 Å². The van der Waals surface area contributed by atoms with Gasteiger partial charge < -0.3 is 10.0 Å². The molecule has 5 heteroatoms. The fraction of sp³-hybridized carbons (Fsp3) is 0.273. The van der Waals surface area contributed by atoms with E-state index in [9.17, 15) is 9.59 Å². The normalized spacial score (nSPS) is 15.7. The lowest BCUT2D eigenvalue weighted by molar-refractivity contribution is 0.0697. The third-order valence-corrected chi connectivity index (χ3v) is 2.64. The van der Waals surface area contributed by atoms with Gasteiger partial charge in [0.1, 0.15) is 0 Å². The Morgan fingerprint density at radius 2 is 2.00 bits per heavy atom. The molecule has 16 heavy (non-hydrogen) atoms. The zero-order chi connectivity index (χ0) is 11.7. The monoisotopic (exact) mass is 220 g/mol. The second-order valence-corrected chi connectivity index (χ2v) is 3.68. The molecule has 5 nitrogen and oxygen atoms in total. The molecule has 0 saturated carbocycles. The van der Waals surface area contributed by atoms with Gasteiger partial charge in [0.2, 0.25) is 0 Å². The van der Waals surface area contributed by atoms with Crippen LogP contribution in [0.5, 0.6) is 0 Å². The summed E-state index contributed by atoms with van der Waals surface area (Å²) in [5, 5.41) is 9.03. The van der Waals surface area contributed by atoms with Crippen molar-refractivity contribution in [3.63, 3.8) is 0 Å². The van der Waals surface area contributed by atoms with Crippen LogP contribution in [-0.4, -0.2) is 42.1 Å². The molecular weight excluding hydrogens is 208 g/mol. The van der Waals surface area contributed by atoms with Gasteiger partial charge in [-0.1, -0.05) is 12.1 Å². The number of aromatic carboxylic acids is 1. The maximum atomic E-state index is 11.7. The number of rotatable bonds is 2. The summed E-state index contributed by atoms with van der Waals surface area (Å²) in [6.07, 6.45) is 0. The summed E-state index contributed by atoms with van der Waals surface area (Å²) < 4.78 is 0. The molecule has 1 heterocycles. The number of hydrogen-bond donors (Lipinski definition) is 1. The van der Waals surface area contributed by atoms with Crippen molar-refractivity contribution < 1.29 is 14.7 Å². The van der Waals surface area contributed by atoms with E-state index in [2.05, 4.69) is 0 Å². The first-order chi connectivity index (χ1) is 7.61. The van der Waals surface area contributed by atoms with Crippen LogP contribution in [0.2, 0.25) is 0 Å². The van der Waals surface area contributed by atoms with Crippen LogP contribution >= 0.6 is 0 Å². The zero-order valence-electron chi connectivity index (χ0n) is 8.88. The molecule has 0 radical (unpaired) electrons. The quantitative estimate of drug-likeness (QED) is 0.816. The topological polar surface area (TPSA) is 60.9 Å². The van der Waals surface area contributed by atoms with Crippen molar-refractivity contribution in [1.82, 2.24) is 4.90 Å². The highest BCUT2D eigenvalue weighted by Gasteiger charge is 2.29. The number of carbonyl (C=O) groups excluding carboxylic acids is 1. The second-order valence-electron chi connectivity index (χ2n) is 3.68. The first-order valence-corrected chi connectivity index (χ1v) is 4.96. The Hall–Kier alpha value is -2.04. The predicted octanol–water partition coefficient (Wildman–Crippen LogP) is 1.26. The van der Waals surface area contributed by atoms with E-state index in [1.807, 2.05) is 0 Å². The van der Waals surface area contributed by atoms with Crippen LogP contribution in [0.3, 0.4) is 0 Å². The molecule has 1 aliphatic rings. The number of urea groups is 1. The van der Waals surface area contributed by atoms with Crippen molar-refractivity contribution in [3.8, 4) is 0 Å². The van der Waals surface area contributed by atoms with Gasteiger partial charge in [-0.2, -0.15) is 0 Å². The average molecular weight is 220 g/mol. The molecule has 2 amide bonds. The van der Waals surface area contributed by atoms with E-state index in [0.29, 0.717) is 18.8 Å². The minimum atomic E-state index is -1.02. The number of likely N-dealkylation sites (N-methyl/N-ethyl adjacent to an activating group) is 1. The number of anilines is 1. The average Bonchev–Trinajstić information content (AvgIpc) is 2.60. The molecule has 1 fully saturated rings. The lowest BCUT2D eigenvalue weighted by Gasteiger charge is -2.17. The van der Waals surface area contributed by atoms with Crippen molar-refractivity contribution >= 4 is 17.7 Å². The fourth-order valence-electron chi connectivity index (χ4n) is 1.76. The molecule has 1 N–H and O–H groups in total. The van der Waals surface area contributed by atoms with Crippen LogP contribution in [0.15, 0.2) is 24.3 Å². The molecule has 1 saturated heterocycles. The first kappa shape index (κ1) is 10.5. The van der Waals surface area contributed by atoms with Crippen LogP contribution in [0.4, 0.5) is 10.5 Å². The Morgan fingerprint density at radius 3 is 2.56 bits per heavy atom. The number of nitrogens with zero attached hydrogens (tertiary/aromatic N) is 2. The van der Waals surface area contributed by atoms with E-state index >= 15 is 0 Å². The Kier molecular flexibility index (Phi) is 2.52. The molecule has 0 bridgehead atoms. The van der Waals surface area contributed by atoms with Gasteiger partial charge in [-0.05, 0) is 12.1 Å². The van der Waals surface area contributed by atoms with Gasteiger partial charge in [0.05, 0.1) is 11.3 Å². The number of carboxylic acid groups (broad SMARTS) is 1. The first-order valence-electron chi connectivity index (χ1n) is 4.96. The minimum Gasteiger partial charge on any atom is -0.478 e. The maximum Gasteiger partial charge on any atom is 0.337 e. The van der Waals surface area contributed by atoms with Crippen molar-refractivity contribution in [3.05, 3.63) is 29.8 Å². The summed E-state index contributed by atoms with van der Waals surface area (Å²) >= 11 is 0. The van der Waals surface area contributed by atoms with Crippen molar-refractivity contribution in [2.75, 3.05) is 25.0 Å². The van der Waals surface area contributed by atoms with Gasteiger partial charge in [0, 0.05) is 20.1 Å². The zero-order valence-corrected chi connectivity index (χ0v) is 8.88. The maximum absolute atomic E-state index is 11.7. The Balaban J connectivity index is 2.41.